The van der Waals surface area contributed by atoms with Gasteiger partial charge in [-0.3, -0.25) is 14.4 Å². The largest absolute Gasteiger partial charge is 0.379 e. The van der Waals surface area contributed by atoms with E-state index in [0.29, 0.717) is 16.9 Å². The molecule has 0 spiro atoms. The van der Waals surface area contributed by atoms with Gasteiger partial charge >= 0.3 is 10.1 Å². The molecule has 8 nitrogen and oxygen atoms in total. The Hall–Kier alpha value is -4.47. The maximum Gasteiger partial charge on any atom is 0.339 e. The summed E-state index contributed by atoms with van der Waals surface area (Å²) in [4.78, 5) is 34.8. The summed E-state index contributed by atoms with van der Waals surface area (Å²) in [7, 11) is -4.01. The van der Waals surface area contributed by atoms with Gasteiger partial charge in [-0.25, -0.2) is 9.96 Å². The van der Waals surface area contributed by atoms with Crippen LogP contribution in [0, 0.1) is 12.8 Å². The summed E-state index contributed by atoms with van der Waals surface area (Å²) in [6.45, 7) is 1.85. The van der Waals surface area contributed by atoms with E-state index in [9.17, 15) is 18.0 Å². The molecular weight excluding hydrogens is 516 g/mol. The highest BCUT2D eigenvalue weighted by Crippen LogP contribution is 2.48. The van der Waals surface area contributed by atoms with Crippen molar-refractivity contribution in [1.82, 2.24) is 0 Å². The number of hydrogen-bond donors (Lipinski definition) is 0. The SMILES string of the molecule is Cc1ccccc1N1C(=O)[C@H]2[C@@H](ON(c3ccccc3)[C@H]2c2ccc(OS(=O)(=O)c3ccccc3)cc2)C1=O. The molecular formula is C30H24N2O6S. The zero-order valence-corrected chi connectivity index (χ0v) is 21.7. The second-order valence-corrected chi connectivity index (χ2v) is 10.9. The molecule has 4 aromatic rings. The first-order valence-corrected chi connectivity index (χ1v) is 13.8. The number of hydrogen-bond acceptors (Lipinski definition) is 7. The number of hydroxylamine groups is 1. The van der Waals surface area contributed by atoms with Crippen molar-refractivity contribution in [2.45, 2.75) is 24.0 Å². The summed E-state index contributed by atoms with van der Waals surface area (Å²) < 4.78 is 30.7. The zero-order valence-electron chi connectivity index (χ0n) is 20.9. The van der Waals surface area contributed by atoms with E-state index in [1.54, 1.807) is 47.5 Å². The van der Waals surface area contributed by atoms with Gasteiger partial charge in [-0.05, 0) is 60.5 Å². The molecule has 0 bridgehead atoms. The number of benzene rings is 4. The van der Waals surface area contributed by atoms with Crippen molar-refractivity contribution in [3.8, 4) is 5.75 Å². The maximum atomic E-state index is 13.8. The lowest BCUT2D eigenvalue weighted by Crippen LogP contribution is -2.37. The predicted molar refractivity (Wildman–Crippen MR) is 144 cm³/mol. The van der Waals surface area contributed by atoms with E-state index >= 15 is 0 Å². The van der Waals surface area contributed by atoms with Crippen LogP contribution in [0.1, 0.15) is 17.2 Å². The van der Waals surface area contributed by atoms with Crippen LogP contribution in [0.4, 0.5) is 11.4 Å². The van der Waals surface area contributed by atoms with Crippen LogP contribution in [0.5, 0.6) is 5.75 Å². The van der Waals surface area contributed by atoms with Crippen molar-refractivity contribution in [2.24, 2.45) is 5.92 Å². The number of amides is 2. The fourth-order valence-electron chi connectivity index (χ4n) is 5.09. The standard InChI is InChI=1S/C30H24N2O6S/c1-20-10-8-9-15-25(20)31-29(33)26-27(32(37-28(26)30(31)34)22-11-4-2-5-12-22)21-16-18-23(19-17-21)38-39(35,36)24-13-6-3-7-14-24/h2-19,26-28H,1H3/t26-,27+,28-/m1/s1. The molecule has 9 heteroatoms. The van der Waals surface area contributed by atoms with E-state index in [0.717, 1.165) is 5.56 Å². The second kappa shape index (κ2) is 9.68. The van der Waals surface area contributed by atoms with Gasteiger partial charge in [0.2, 0.25) is 5.91 Å². The highest BCUT2D eigenvalue weighted by molar-refractivity contribution is 7.87. The first kappa shape index (κ1) is 24.8. The van der Waals surface area contributed by atoms with E-state index in [-0.39, 0.29) is 16.6 Å². The molecule has 2 aliphatic heterocycles. The summed E-state index contributed by atoms with van der Waals surface area (Å²) in [5, 5.41) is 1.59. The lowest BCUT2D eigenvalue weighted by molar-refractivity contribution is -0.126. The Morgan fingerprint density at radius 2 is 1.36 bits per heavy atom. The van der Waals surface area contributed by atoms with Crippen LogP contribution >= 0.6 is 0 Å². The molecule has 2 aliphatic rings. The molecule has 6 rings (SSSR count). The van der Waals surface area contributed by atoms with E-state index in [4.69, 9.17) is 9.02 Å². The Kier molecular flexibility index (Phi) is 6.17. The Bertz CT molecular complexity index is 1640. The Morgan fingerprint density at radius 1 is 0.744 bits per heavy atom. The Labute approximate surface area is 226 Å². The lowest BCUT2D eigenvalue weighted by atomic mass is 9.90. The van der Waals surface area contributed by atoms with Crippen LogP contribution in [0.2, 0.25) is 0 Å². The van der Waals surface area contributed by atoms with Crippen LogP contribution in [0.3, 0.4) is 0 Å². The topological polar surface area (TPSA) is 93.2 Å². The molecule has 0 aliphatic carbocycles. The second-order valence-electron chi connectivity index (χ2n) is 9.38. The first-order valence-electron chi connectivity index (χ1n) is 12.4. The summed E-state index contributed by atoms with van der Waals surface area (Å²) in [6, 6.07) is 30.2. The van der Waals surface area contributed by atoms with Gasteiger partial charge in [0, 0.05) is 0 Å². The molecule has 0 saturated carbocycles. The Balaban J connectivity index is 1.35. The number of carbonyl (C=O) groups is 2. The molecule has 2 heterocycles. The fraction of sp³-hybridized carbons (Fsp3) is 0.133. The molecule has 0 radical (unpaired) electrons. The fourth-order valence-corrected chi connectivity index (χ4v) is 6.04. The van der Waals surface area contributed by atoms with Crippen molar-refractivity contribution in [3.63, 3.8) is 0 Å². The van der Waals surface area contributed by atoms with Crippen LogP contribution < -0.4 is 14.1 Å². The maximum absolute atomic E-state index is 13.8. The number of para-hydroxylation sites is 2. The van der Waals surface area contributed by atoms with E-state index in [2.05, 4.69) is 0 Å². The molecule has 0 aromatic heterocycles. The van der Waals surface area contributed by atoms with Crippen molar-refractivity contribution >= 4 is 33.3 Å². The minimum absolute atomic E-state index is 0.0442. The van der Waals surface area contributed by atoms with Crippen LogP contribution in [-0.2, 0) is 24.5 Å². The number of rotatable bonds is 6. The number of aryl methyl sites for hydroxylation is 1. The number of anilines is 2. The van der Waals surface area contributed by atoms with Gasteiger partial charge < -0.3 is 4.18 Å². The molecule has 4 aromatic carbocycles. The van der Waals surface area contributed by atoms with E-state index in [1.165, 1.54) is 29.2 Å². The smallest absolute Gasteiger partial charge is 0.339 e. The highest BCUT2D eigenvalue weighted by Gasteiger charge is 2.60. The van der Waals surface area contributed by atoms with Gasteiger partial charge in [0.15, 0.2) is 6.10 Å². The van der Waals surface area contributed by atoms with Crippen molar-refractivity contribution < 1.29 is 27.0 Å². The average molecular weight is 541 g/mol. The first-order chi connectivity index (χ1) is 18.8. The minimum atomic E-state index is -4.01. The lowest BCUT2D eigenvalue weighted by Gasteiger charge is -2.29. The summed E-state index contributed by atoms with van der Waals surface area (Å²) >= 11 is 0. The number of fused-ring (bicyclic) bond motifs is 1. The normalized spacial score (nSPS) is 20.8. The predicted octanol–water partition coefficient (Wildman–Crippen LogP) is 4.81. The van der Waals surface area contributed by atoms with Gasteiger partial charge in [0.05, 0.1) is 17.4 Å². The monoisotopic (exact) mass is 540 g/mol. The summed E-state index contributed by atoms with van der Waals surface area (Å²) in [5.41, 5.74) is 2.69. The number of imide groups is 1. The molecule has 0 unspecified atom stereocenters. The molecule has 39 heavy (non-hydrogen) atoms. The molecule has 196 valence electrons. The number of nitrogens with zero attached hydrogens (tertiary/aromatic N) is 2. The van der Waals surface area contributed by atoms with Crippen molar-refractivity contribution in [2.75, 3.05) is 9.96 Å². The van der Waals surface area contributed by atoms with Crippen LogP contribution in [0.25, 0.3) is 0 Å². The third-order valence-corrected chi connectivity index (χ3v) is 8.20. The molecule has 2 saturated heterocycles. The van der Waals surface area contributed by atoms with Gasteiger partial charge in [-0.1, -0.05) is 66.7 Å². The van der Waals surface area contributed by atoms with Crippen LogP contribution in [-0.4, -0.2) is 26.3 Å². The third kappa shape index (κ3) is 4.35. The quantitative estimate of drug-likeness (QED) is 0.256. The summed E-state index contributed by atoms with van der Waals surface area (Å²) in [5.74, 6) is -1.46. The Morgan fingerprint density at radius 3 is 2.03 bits per heavy atom. The van der Waals surface area contributed by atoms with E-state index in [1.807, 2.05) is 49.4 Å². The minimum Gasteiger partial charge on any atom is -0.379 e. The summed E-state index contributed by atoms with van der Waals surface area (Å²) in [6.07, 6.45) is -1.00. The average Bonchev–Trinajstić information content (AvgIpc) is 3.46. The molecule has 2 amide bonds. The van der Waals surface area contributed by atoms with Crippen molar-refractivity contribution in [1.29, 1.82) is 0 Å². The van der Waals surface area contributed by atoms with Crippen LogP contribution in [0.15, 0.2) is 114 Å². The zero-order chi connectivity index (χ0) is 27.1. The van der Waals surface area contributed by atoms with Gasteiger partial charge in [0.25, 0.3) is 5.91 Å². The molecule has 0 N–H and O–H groups in total. The van der Waals surface area contributed by atoms with Crippen molar-refractivity contribution in [3.05, 3.63) is 120 Å². The van der Waals surface area contributed by atoms with Gasteiger partial charge in [-0.2, -0.15) is 8.42 Å². The molecule has 3 atom stereocenters. The van der Waals surface area contributed by atoms with Gasteiger partial charge in [0.1, 0.15) is 16.6 Å². The highest BCUT2D eigenvalue weighted by atomic mass is 32.2. The van der Waals surface area contributed by atoms with E-state index < -0.39 is 34.1 Å². The third-order valence-electron chi connectivity index (χ3n) is 6.94. The number of carbonyl (C=O) groups excluding carboxylic acids is 2. The van der Waals surface area contributed by atoms with Gasteiger partial charge in [-0.15, -0.1) is 0 Å². The molecule has 2 fully saturated rings.